The second-order valence-electron chi connectivity index (χ2n) is 5.55. The fourth-order valence-electron chi connectivity index (χ4n) is 3.04. The Hall–Kier alpha value is -0.120. The molecule has 2 aliphatic heterocycles. The van der Waals surface area contributed by atoms with E-state index in [2.05, 4.69) is 23.8 Å². The molecule has 3 unspecified atom stereocenters. The van der Waals surface area contributed by atoms with Crippen LogP contribution >= 0.6 is 0 Å². The molecule has 2 rings (SSSR count). The minimum atomic E-state index is 0.447. The number of nitrogens with zero attached hydrogens (tertiary/aromatic N) is 2. The highest BCUT2D eigenvalue weighted by atomic mass is 15.2. The lowest BCUT2D eigenvalue weighted by atomic mass is 9.97. The number of hydrogen-bond donors (Lipinski definition) is 1. The first kappa shape index (κ1) is 11.4. The maximum Gasteiger partial charge on any atom is 0.00818 e. The maximum absolute atomic E-state index is 5.98. The molecule has 0 saturated carbocycles. The molecule has 3 atom stereocenters. The zero-order valence-electron chi connectivity index (χ0n) is 10.2. The van der Waals surface area contributed by atoms with E-state index in [0.717, 1.165) is 5.92 Å². The molecule has 0 spiro atoms. The molecule has 2 N–H and O–H groups in total. The predicted octanol–water partition coefficient (Wildman–Crippen LogP) is 0.750. The molecule has 15 heavy (non-hydrogen) atoms. The molecule has 2 aliphatic rings. The fourth-order valence-corrected chi connectivity index (χ4v) is 3.04. The molecule has 0 aliphatic carbocycles. The summed E-state index contributed by atoms with van der Waals surface area (Å²) in [6, 6.07) is 1.14. The molecule has 2 saturated heterocycles. The Bertz CT molecular complexity index is 207. The SMILES string of the molecule is CC1CC(N)CCN1CC1CCN(C)C1. The standard InChI is InChI=1S/C12H25N3/c1-10-7-12(13)4-6-15(10)9-11-3-5-14(2)8-11/h10-12H,3-9,13H2,1-2H3. The first-order valence-corrected chi connectivity index (χ1v) is 6.33. The zero-order valence-corrected chi connectivity index (χ0v) is 10.2. The van der Waals surface area contributed by atoms with Crippen LogP contribution in [0.15, 0.2) is 0 Å². The van der Waals surface area contributed by atoms with Crippen LogP contribution in [0.5, 0.6) is 0 Å². The van der Waals surface area contributed by atoms with Gasteiger partial charge in [0.15, 0.2) is 0 Å². The van der Waals surface area contributed by atoms with E-state index in [1.54, 1.807) is 0 Å². The molecule has 0 aromatic carbocycles. The van der Waals surface area contributed by atoms with Crippen molar-refractivity contribution in [3.8, 4) is 0 Å². The van der Waals surface area contributed by atoms with Gasteiger partial charge in [-0.1, -0.05) is 0 Å². The van der Waals surface area contributed by atoms with Gasteiger partial charge in [-0.05, 0) is 52.2 Å². The highest BCUT2D eigenvalue weighted by Gasteiger charge is 2.27. The van der Waals surface area contributed by atoms with E-state index >= 15 is 0 Å². The van der Waals surface area contributed by atoms with Gasteiger partial charge >= 0.3 is 0 Å². The van der Waals surface area contributed by atoms with E-state index in [0.29, 0.717) is 12.1 Å². The summed E-state index contributed by atoms with van der Waals surface area (Å²) in [5, 5.41) is 0. The van der Waals surface area contributed by atoms with Crippen molar-refractivity contribution in [3.63, 3.8) is 0 Å². The van der Waals surface area contributed by atoms with Crippen LogP contribution in [-0.2, 0) is 0 Å². The first-order chi connectivity index (χ1) is 7.15. The average molecular weight is 211 g/mol. The van der Waals surface area contributed by atoms with Crippen LogP contribution in [0.1, 0.15) is 26.2 Å². The Balaban J connectivity index is 1.79. The van der Waals surface area contributed by atoms with Crippen molar-refractivity contribution in [2.45, 2.75) is 38.3 Å². The fraction of sp³-hybridized carbons (Fsp3) is 1.00. The van der Waals surface area contributed by atoms with E-state index < -0.39 is 0 Å². The van der Waals surface area contributed by atoms with Gasteiger partial charge in [-0.15, -0.1) is 0 Å². The molecule has 2 fully saturated rings. The summed E-state index contributed by atoms with van der Waals surface area (Å²) in [5.41, 5.74) is 5.98. The molecule has 3 nitrogen and oxygen atoms in total. The molecule has 0 radical (unpaired) electrons. The highest BCUT2D eigenvalue weighted by molar-refractivity contribution is 4.84. The smallest absolute Gasteiger partial charge is 0.00818 e. The van der Waals surface area contributed by atoms with Gasteiger partial charge in [-0.25, -0.2) is 0 Å². The monoisotopic (exact) mass is 211 g/mol. The van der Waals surface area contributed by atoms with E-state index in [1.807, 2.05) is 0 Å². The Morgan fingerprint density at radius 2 is 2.07 bits per heavy atom. The van der Waals surface area contributed by atoms with Crippen molar-refractivity contribution in [1.29, 1.82) is 0 Å². The van der Waals surface area contributed by atoms with Crippen LogP contribution in [0.2, 0.25) is 0 Å². The minimum Gasteiger partial charge on any atom is -0.328 e. The summed E-state index contributed by atoms with van der Waals surface area (Å²) in [6.45, 7) is 7.40. The summed E-state index contributed by atoms with van der Waals surface area (Å²) in [7, 11) is 2.23. The molecule has 0 bridgehead atoms. The minimum absolute atomic E-state index is 0.447. The van der Waals surface area contributed by atoms with E-state index in [4.69, 9.17) is 5.73 Å². The lowest BCUT2D eigenvalue weighted by molar-refractivity contribution is 0.126. The normalized spacial score (nSPS) is 39.8. The van der Waals surface area contributed by atoms with Crippen LogP contribution in [0, 0.1) is 5.92 Å². The van der Waals surface area contributed by atoms with Crippen molar-refractivity contribution < 1.29 is 0 Å². The second kappa shape index (κ2) is 4.81. The Morgan fingerprint density at radius 1 is 1.27 bits per heavy atom. The largest absolute Gasteiger partial charge is 0.328 e. The molecule has 0 amide bonds. The van der Waals surface area contributed by atoms with Gasteiger partial charge in [0.1, 0.15) is 0 Å². The quantitative estimate of drug-likeness (QED) is 0.731. The molecule has 0 aromatic rings. The Morgan fingerprint density at radius 3 is 2.67 bits per heavy atom. The third-order valence-corrected chi connectivity index (χ3v) is 4.04. The number of nitrogens with two attached hydrogens (primary N) is 1. The molecule has 0 aromatic heterocycles. The van der Waals surface area contributed by atoms with Gasteiger partial charge in [0.05, 0.1) is 0 Å². The lowest BCUT2D eigenvalue weighted by Crippen LogP contribution is -2.47. The Kier molecular flexibility index (Phi) is 3.65. The predicted molar refractivity (Wildman–Crippen MR) is 63.8 cm³/mol. The third kappa shape index (κ3) is 2.92. The van der Waals surface area contributed by atoms with Crippen LogP contribution in [0.3, 0.4) is 0 Å². The first-order valence-electron chi connectivity index (χ1n) is 6.33. The number of hydrogen-bond acceptors (Lipinski definition) is 3. The van der Waals surface area contributed by atoms with Gasteiger partial charge in [-0.2, -0.15) is 0 Å². The van der Waals surface area contributed by atoms with Crippen molar-refractivity contribution in [1.82, 2.24) is 9.80 Å². The molecular weight excluding hydrogens is 186 g/mol. The lowest BCUT2D eigenvalue weighted by Gasteiger charge is -2.37. The highest BCUT2D eigenvalue weighted by Crippen LogP contribution is 2.21. The maximum atomic E-state index is 5.98. The molecule has 88 valence electrons. The zero-order chi connectivity index (χ0) is 10.8. The second-order valence-corrected chi connectivity index (χ2v) is 5.55. The number of likely N-dealkylation sites (tertiary alicyclic amines) is 2. The summed E-state index contributed by atoms with van der Waals surface area (Å²) in [5.74, 6) is 0.895. The average Bonchev–Trinajstić information content (AvgIpc) is 2.56. The van der Waals surface area contributed by atoms with Gasteiger partial charge in [0.25, 0.3) is 0 Å². The van der Waals surface area contributed by atoms with Crippen molar-refractivity contribution >= 4 is 0 Å². The van der Waals surface area contributed by atoms with Crippen molar-refractivity contribution in [2.75, 3.05) is 33.2 Å². The summed E-state index contributed by atoms with van der Waals surface area (Å²) in [6.07, 6.45) is 3.75. The van der Waals surface area contributed by atoms with Crippen LogP contribution in [0.25, 0.3) is 0 Å². The Labute approximate surface area is 93.6 Å². The molecule has 3 heteroatoms. The number of piperidine rings is 1. The van der Waals surface area contributed by atoms with Crippen LogP contribution in [0.4, 0.5) is 0 Å². The molecular formula is C12H25N3. The van der Waals surface area contributed by atoms with Gasteiger partial charge < -0.3 is 15.5 Å². The van der Waals surface area contributed by atoms with Crippen LogP contribution < -0.4 is 5.73 Å². The third-order valence-electron chi connectivity index (χ3n) is 4.04. The van der Waals surface area contributed by atoms with Crippen LogP contribution in [-0.4, -0.2) is 55.1 Å². The van der Waals surface area contributed by atoms with Crippen molar-refractivity contribution in [2.24, 2.45) is 11.7 Å². The van der Waals surface area contributed by atoms with Gasteiger partial charge in [-0.3, -0.25) is 0 Å². The summed E-state index contributed by atoms with van der Waals surface area (Å²) < 4.78 is 0. The summed E-state index contributed by atoms with van der Waals surface area (Å²) >= 11 is 0. The topological polar surface area (TPSA) is 32.5 Å². The van der Waals surface area contributed by atoms with Crippen molar-refractivity contribution in [3.05, 3.63) is 0 Å². The van der Waals surface area contributed by atoms with E-state index in [9.17, 15) is 0 Å². The number of rotatable bonds is 2. The van der Waals surface area contributed by atoms with E-state index in [1.165, 1.54) is 45.4 Å². The van der Waals surface area contributed by atoms with Gasteiger partial charge in [0, 0.05) is 25.2 Å². The van der Waals surface area contributed by atoms with Gasteiger partial charge in [0.2, 0.25) is 0 Å². The van der Waals surface area contributed by atoms with E-state index in [-0.39, 0.29) is 0 Å². The summed E-state index contributed by atoms with van der Waals surface area (Å²) in [4.78, 5) is 5.10. The molecule has 2 heterocycles.